The minimum Gasteiger partial charge on any atom is -0.233 e. The molecule has 0 fully saturated rings. The van der Waals surface area contributed by atoms with Crippen LogP contribution in [0.15, 0.2) is 59.4 Å². The lowest BCUT2D eigenvalue weighted by Gasteiger charge is -2.10. The highest BCUT2D eigenvalue weighted by atomic mass is 32.1. The number of hydrogen-bond donors (Lipinski definition) is 0. The van der Waals surface area contributed by atoms with E-state index in [2.05, 4.69) is 72.2 Å². The van der Waals surface area contributed by atoms with Gasteiger partial charge in [0.25, 0.3) is 0 Å². The molecule has 0 N–H and O–H groups in total. The molecule has 0 aliphatic rings. The molecule has 3 aromatic heterocycles. The van der Waals surface area contributed by atoms with Gasteiger partial charge in [0, 0.05) is 17.0 Å². The van der Waals surface area contributed by atoms with Crippen molar-refractivity contribution in [3.8, 4) is 11.1 Å². The molecule has 0 unspecified atom stereocenters. The first kappa shape index (κ1) is 15.8. The molecule has 25 heavy (non-hydrogen) atoms. The fourth-order valence-electron chi connectivity index (χ4n) is 3.10. The molecule has 4 rings (SSSR count). The number of aromatic nitrogens is 3. The third-order valence-electron chi connectivity index (χ3n) is 4.47. The molecule has 124 valence electrons. The van der Waals surface area contributed by atoms with Gasteiger partial charge in [-0.25, -0.2) is 9.50 Å². The van der Waals surface area contributed by atoms with Crippen LogP contribution in [0.5, 0.6) is 0 Å². The fourth-order valence-corrected chi connectivity index (χ4v) is 3.76. The largest absolute Gasteiger partial charge is 0.233 e. The first-order valence-electron chi connectivity index (χ1n) is 8.32. The van der Waals surface area contributed by atoms with Crippen molar-refractivity contribution in [3.05, 3.63) is 81.9 Å². The molecule has 0 aliphatic heterocycles. The summed E-state index contributed by atoms with van der Waals surface area (Å²) in [6.45, 7) is 4.21. The SMILES string of the molecule is Cc1nc2c(-c3ccsc3)cnn2c(C)c1CC=Cc1ccccc1. The van der Waals surface area contributed by atoms with E-state index >= 15 is 0 Å². The highest BCUT2D eigenvalue weighted by molar-refractivity contribution is 7.08. The first-order valence-corrected chi connectivity index (χ1v) is 9.26. The maximum atomic E-state index is 4.85. The van der Waals surface area contributed by atoms with E-state index in [0.29, 0.717) is 0 Å². The minimum absolute atomic E-state index is 0.850. The maximum absolute atomic E-state index is 4.85. The Morgan fingerprint density at radius 2 is 1.96 bits per heavy atom. The molecule has 3 heterocycles. The van der Waals surface area contributed by atoms with Crippen molar-refractivity contribution < 1.29 is 0 Å². The van der Waals surface area contributed by atoms with Crippen molar-refractivity contribution in [2.24, 2.45) is 0 Å². The number of nitrogens with zero attached hydrogens (tertiary/aromatic N) is 3. The van der Waals surface area contributed by atoms with Crippen molar-refractivity contribution in [1.82, 2.24) is 14.6 Å². The summed E-state index contributed by atoms with van der Waals surface area (Å²) in [6, 6.07) is 12.5. The molecule has 0 spiro atoms. The average Bonchev–Trinajstić information content (AvgIpc) is 3.28. The Bertz CT molecular complexity index is 1030. The Balaban J connectivity index is 1.70. The number of hydrogen-bond acceptors (Lipinski definition) is 3. The molecule has 0 aliphatic carbocycles. The molecular formula is C21H19N3S. The van der Waals surface area contributed by atoms with Crippen molar-refractivity contribution in [2.45, 2.75) is 20.3 Å². The van der Waals surface area contributed by atoms with Gasteiger partial charge in [0.2, 0.25) is 0 Å². The molecule has 4 aromatic rings. The second-order valence-corrected chi connectivity index (χ2v) is 6.86. The quantitative estimate of drug-likeness (QED) is 0.500. The van der Waals surface area contributed by atoms with Crippen molar-refractivity contribution in [3.63, 3.8) is 0 Å². The van der Waals surface area contributed by atoms with E-state index < -0.39 is 0 Å². The Hall–Kier alpha value is -2.72. The van der Waals surface area contributed by atoms with Crippen LogP contribution in [0.3, 0.4) is 0 Å². The van der Waals surface area contributed by atoms with Gasteiger partial charge in [-0.05, 0) is 53.8 Å². The van der Waals surface area contributed by atoms with Crippen LogP contribution in [0.1, 0.15) is 22.5 Å². The second kappa shape index (κ2) is 6.65. The van der Waals surface area contributed by atoms with Crippen LogP contribution in [-0.4, -0.2) is 14.6 Å². The van der Waals surface area contributed by atoms with E-state index in [9.17, 15) is 0 Å². The number of rotatable bonds is 4. The predicted octanol–water partition coefficient (Wildman–Crippen LogP) is 5.33. The molecular weight excluding hydrogens is 326 g/mol. The van der Waals surface area contributed by atoms with Crippen LogP contribution in [-0.2, 0) is 6.42 Å². The monoisotopic (exact) mass is 345 g/mol. The van der Waals surface area contributed by atoms with E-state index in [0.717, 1.165) is 29.0 Å². The van der Waals surface area contributed by atoms with E-state index in [-0.39, 0.29) is 0 Å². The summed E-state index contributed by atoms with van der Waals surface area (Å²) in [6.07, 6.45) is 7.12. The zero-order valence-electron chi connectivity index (χ0n) is 14.3. The molecule has 0 bridgehead atoms. The summed E-state index contributed by atoms with van der Waals surface area (Å²) in [5.41, 5.74) is 7.89. The summed E-state index contributed by atoms with van der Waals surface area (Å²) in [5.74, 6) is 0. The zero-order valence-corrected chi connectivity index (χ0v) is 15.1. The molecule has 0 radical (unpaired) electrons. The number of fused-ring (bicyclic) bond motifs is 1. The lowest BCUT2D eigenvalue weighted by Crippen LogP contribution is -2.05. The summed E-state index contributed by atoms with van der Waals surface area (Å²) in [7, 11) is 0. The Kier molecular flexibility index (Phi) is 4.20. The van der Waals surface area contributed by atoms with Crippen LogP contribution in [0.25, 0.3) is 22.9 Å². The number of aryl methyl sites for hydroxylation is 2. The molecule has 1 aromatic carbocycles. The van der Waals surface area contributed by atoms with E-state index in [4.69, 9.17) is 4.98 Å². The van der Waals surface area contributed by atoms with Gasteiger partial charge in [-0.1, -0.05) is 42.5 Å². The lowest BCUT2D eigenvalue weighted by molar-refractivity contribution is 0.860. The van der Waals surface area contributed by atoms with Gasteiger partial charge in [0.15, 0.2) is 5.65 Å². The Morgan fingerprint density at radius 1 is 1.12 bits per heavy atom. The third kappa shape index (κ3) is 3.01. The van der Waals surface area contributed by atoms with Gasteiger partial charge in [0.1, 0.15) is 0 Å². The van der Waals surface area contributed by atoms with E-state index in [1.165, 1.54) is 16.7 Å². The fraction of sp³-hybridized carbons (Fsp3) is 0.143. The minimum atomic E-state index is 0.850. The molecule has 0 amide bonds. The molecule has 0 saturated carbocycles. The topological polar surface area (TPSA) is 30.2 Å². The Morgan fingerprint density at radius 3 is 2.72 bits per heavy atom. The standard InChI is InChI=1S/C21H19N3S/c1-15-19(10-6-9-17-7-4-3-5-8-17)16(2)24-21(23-15)20(13-22-24)18-11-12-25-14-18/h3-9,11-14H,10H2,1-2H3. The van der Waals surface area contributed by atoms with Crippen molar-refractivity contribution in [2.75, 3.05) is 0 Å². The summed E-state index contributed by atoms with van der Waals surface area (Å²) >= 11 is 1.69. The van der Waals surface area contributed by atoms with Crippen LogP contribution in [0, 0.1) is 13.8 Å². The highest BCUT2D eigenvalue weighted by Crippen LogP contribution is 2.27. The Labute approximate surface area is 151 Å². The average molecular weight is 345 g/mol. The van der Waals surface area contributed by atoms with Crippen LogP contribution in [0.2, 0.25) is 0 Å². The van der Waals surface area contributed by atoms with Gasteiger partial charge >= 0.3 is 0 Å². The maximum Gasteiger partial charge on any atom is 0.163 e. The number of benzene rings is 1. The summed E-state index contributed by atoms with van der Waals surface area (Å²) in [4.78, 5) is 4.85. The normalized spacial score (nSPS) is 11.6. The van der Waals surface area contributed by atoms with Gasteiger partial charge in [-0.2, -0.15) is 16.4 Å². The van der Waals surface area contributed by atoms with Crippen molar-refractivity contribution >= 4 is 23.1 Å². The number of allylic oxidation sites excluding steroid dienone is 1. The van der Waals surface area contributed by atoms with E-state index in [1.807, 2.05) is 16.8 Å². The first-order chi connectivity index (χ1) is 12.2. The van der Waals surface area contributed by atoms with Crippen LogP contribution < -0.4 is 0 Å². The summed E-state index contributed by atoms with van der Waals surface area (Å²) in [5, 5.41) is 8.80. The second-order valence-electron chi connectivity index (χ2n) is 6.08. The predicted molar refractivity (Wildman–Crippen MR) is 105 cm³/mol. The van der Waals surface area contributed by atoms with Gasteiger partial charge in [0.05, 0.1) is 6.20 Å². The lowest BCUT2D eigenvalue weighted by atomic mass is 10.1. The molecule has 4 heteroatoms. The van der Waals surface area contributed by atoms with Gasteiger partial charge in [-0.15, -0.1) is 0 Å². The molecule has 0 atom stereocenters. The van der Waals surface area contributed by atoms with Crippen LogP contribution in [0.4, 0.5) is 0 Å². The smallest absolute Gasteiger partial charge is 0.163 e. The molecule has 0 saturated heterocycles. The molecule has 3 nitrogen and oxygen atoms in total. The third-order valence-corrected chi connectivity index (χ3v) is 5.16. The van der Waals surface area contributed by atoms with E-state index in [1.54, 1.807) is 11.3 Å². The zero-order chi connectivity index (χ0) is 17.2. The number of thiophene rings is 1. The van der Waals surface area contributed by atoms with Crippen molar-refractivity contribution in [1.29, 1.82) is 0 Å². The van der Waals surface area contributed by atoms with Gasteiger partial charge < -0.3 is 0 Å². The van der Waals surface area contributed by atoms with Gasteiger partial charge in [-0.3, -0.25) is 0 Å². The highest BCUT2D eigenvalue weighted by Gasteiger charge is 2.14. The summed E-state index contributed by atoms with van der Waals surface area (Å²) < 4.78 is 1.96. The van der Waals surface area contributed by atoms with Crippen LogP contribution >= 0.6 is 11.3 Å².